The lowest BCUT2D eigenvalue weighted by Crippen LogP contribution is -2.25. The largest absolute Gasteiger partial charge is 0.241 e. The predicted molar refractivity (Wildman–Crippen MR) is 80.2 cm³/mol. The molecule has 0 saturated carbocycles. The first-order chi connectivity index (χ1) is 7.88. The van der Waals surface area contributed by atoms with E-state index in [0.29, 0.717) is 11.0 Å². The van der Waals surface area contributed by atoms with E-state index >= 15 is 0 Å². The first-order valence-electron chi connectivity index (χ1n) is 4.90. The highest BCUT2D eigenvalue weighted by Crippen LogP contribution is 2.28. The zero-order valence-corrected chi connectivity index (χ0v) is 14.7. The lowest BCUT2D eigenvalue weighted by atomic mass is 10.2. The van der Waals surface area contributed by atoms with E-state index in [1.807, 2.05) is 6.92 Å². The van der Waals surface area contributed by atoms with Crippen LogP contribution in [0.5, 0.6) is 0 Å². The summed E-state index contributed by atoms with van der Waals surface area (Å²) in [6.07, 6.45) is 0.754. The van der Waals surface area contributed by atoms with Crippen molar-refractivity contribution in [2.75, 3.05) is 11.9 Å². The van der Waals surface area contributed by atoms with Gasteiger partial charge in [-0.25, -0.2) is 13.1 Å². The van der Waals surface area contributed by atoms with Crippen LogP contribution in [0, 0.1) is 6.92 Å². The van der Waals surface area contributed by atoms with Gasteiger partial charge in [0, 0.05) is 20.8 Å². The number of rotatable bonds is 5. The van der Waals surface area contributed by atoms with Crippen molar-refractivity contribution in [3.05, 3.63) is 26.6 Å². The minimum atomic E-state index is -3.45. The van der Waals surface area contributed by atoms with E-state index in [-0.39, 0.29) is 4.90 Å². The molecule has 1 aromatic carbocycles. The Kier molecular flexibility index (Phi) is 6.12. The lowest BCUT2D eigenvalue weighted by molar-refractivity contribution is 0.580. The molecule has 0 unspecified atom stereocenters. The van der Waals surface area contributed by atoms with Crippen LogP contribution in [-0.4, -0.2) is 20.3 Å². The second-order valence-electron chi connectivity index (χ2n) is 3.47. The van der Waals surface area contributed by atoms with E-state index in [4.69, 9.17) is 0 Å². The number of benzene rings is 1. The molecule has 3 nitrogen and oxygen atoms in total. The molecule has 0 atom stereocenters. The number of sulfonamides is 1. The van der Waals surface area contributed by atoms with Crippen molar-refractivity contribution in [1.29, 1.82) is 0 Å². The molecule has 0 aliphatic heterocycles. The summed E-state index contributed by atoms with van der Waals surface area (Å²) < 4.78 is 27.9. The summed E-state index contributed by atoms with van der Waals surface area (Å²) in [5, 5.41) is 0.772. The Bertz CT molecular complexity index is 503. The maximum atomic E-state index is 12.0. The standard InChI is InChI=1S/C10H12Br3NO2S/c1-7-5-9(13)10(6-8(7)12)17(15,16)14-4-2-3-11/h5-6,14H,2-4H2,1H3. The van der Waals surface area contributed by atoms with Gasteiger partial charge >= 0.3 is 0 Å². The van der Waals surface area contributed by atoms with Gasteiger partial charge in [0.1, 0.15) is 0 Å². The van der Waals surface area contributed by atoms with Crippen molar-refractivity contribution in [3.63, 3.8) is 0 Å². The normalized spacial score (nSPS) is 11.8. The molecule has 96 valence electrons. The van der Waals surface area contributed by atoms with E-state index in [2.05, 4.69) is 52.5 Å². The quantitative estimate of drug-likeness (QED) is 0.551. The van der Waals surface area contributed by atoms with Crippen molar-refractivity contribution in [2.45, 2.75) is 18.2 Å². The minimum absolute atomic E-state index is 0.254. The van der Waals surface area contributed by atoms with Crippen molar-refractivity contribution >= 4 is 57.8 Å². The molecule has 0 fully saturated rings. The Morgan fingerprint density at radius 1 is 1.24 bits per heavy atom. The molecule has 0 saturated heterocycles. The zero-order valence-electron chi connectivity index (χ0n) is 9.13. The van der Waals surface area contributed by atoms with Gasteiger partial charge in [-0.3, -0.25) is 0 Å². The summed E-state index contributed by atoms with van der Waals surface area (Å²) in [7, 11) is -3.45. The molecule has 0 bridgehead atoms. The molecule has 0 aliphatic rings. The molecule has 0 radical (unpaired) electrons. The van der Waals surface area contributed by atoms with Gasteiger partial charge in [0.05, 0.1) is 4.90 Å². The number of aryl methyl sites for hydroxylation is 1. The van der Waals surface area contributed by atoms with Crippen LogP contribution in [0.25, 0.3) is 0 Å². The average Bonchev–Trinajstić information content (AvgIpc) is 2.23. The molecule has 7 heteroatoms. The van der Waals surface area contributed by atoms with E-state index < -0.39 is 10.0 Å². The third-order valence-electron chi connectivity index (χ3n) is 2.11. The topological polar surface area (TPSA) is 46.2 Å². The van der Waals surface area contributed by atoms with Gasteiger partial charge in [-0.15, -0.1) is 0 Å². The Balaban J connectivity index is 3.03. The highest BCUT2D eigenvalue weighted by molar-refractivity contribution is 9.11. The first kappa shape index (κ1) is 15.6. The molecule has 0 aliphatic carbocycles. The van der Waals surface area contributed by atoms with Crippen molar-refractivity contribution in [3.8, 4) is 0 Å². The Labute approximate surface area is 127 Å². The highest BCUT2D eigenvalue weighted by Gasteiger charge is 2.18. The Morgan fingerprint density at radius 3 is 2.47 bits per heavy atom. The smallest absolute Gasteiger partial charge is 0.211 e. The van der Waals surface area contributed by atoms with Crippen LogP contribution in [-0.2, 0) is 10.0 Å². The summed E-state index contributed by atoms with van der Waals surface area (Å²) >= 11 is 9.87. The number of halogens is 3. The molecule has 0 amide bonds. The van der Waals surface area contributed by atoms with Crippen molar-refractivity contribution < 1.29 is 8.42 Å². The number of hydrogen-bond acceptors (Lipinski definition) is 2. The third kappa shape index (κ3) is 4.31. The predicted octanol–water partition coefficient (Wildman–Crippen LogP) is 3.58. The maximum Gasteiger partial charge on any atom is 0.241 e. The van der Waals surface area contributed by atoms with Crippen LogP contribution < -0.4 is 4.72 Å². The van der Waals surface area contributed by atoms with E-state index in [0.717, 1.165) is 21.8 Å². The molecule has 0 spiro atoms. The lowest BCUT2D eigenvalue weighted by Gasteiger charge is -2.09. The molecular formula is C10H12Br3NO2S. The minimum Gasteiger partial charge on any atom is -0.211 e. The van der Waals surface area contributed by atoms with Gasteiger partial charge in [0.25, 0.3) is 0 Å². The number of nitrogens with one attached hydrogen (secondary N) is 1. The average molecular weight is 450 g/mol. The van der Waals surface area contributed by atoms with Crippen LogP contribution in [0.15, 0.2) is 26.0 Å². The van der Waals surface area contributed by atoms with Gasteiger partial charge in [0.2, 0.25) is 10.0 Å². The summed E-state index contributed by atoms with van der Waals surface area (Å²) in [6.45, 7) is 2.33. The zero-order chi connectivity index (χ0) is 13.1. The van der Waals surface area contributed by atoms with Crippen molar-refractivity contribution in [2.24, 2.45) is 0 Å². The van der Waals surface area contributed by atoms with Crippen LogP contribution in [0.4, 0.5) is 0 Å². The van der Waals surface area contributed by atoms with Crippen LogP contribution in [0.1, 0.15) is 12.0 Å². The monoisotopic (exact) mass is 447 g/mol. The summed E-state index contributed by atoms with van der Waals surface area (Å²) in [6, 6.07) is 3.39. The fourth-order valence-corrected chi connectivity index (χ4v) is 4.21. The van der Waals surface area contributed by atoms with Gasteiger partial charge < -0.3 is 0 Å². The van der Waals surface area contributed by atoms with Crippen LogP contribution in [0.3, 0.4) is 0 Å². The fourth-order valence-electron chi connectivity index (χ4n) is 1.19. The Morgan fingerprint density at radius 2 is 1.88 bits per heavy atom. The van der Waals surface area contributed by atoms with Gasteiger partial charge in [-0.1, -0.05) is 31.9 Å². The molecule has 17 heavy (non-hydrogen) atoms. The van der Waals surface area contributed by atoms with Crippen LogP contribution in [0.2, 0.25) is 0 Å². The van der Waals surface area contributed by atoms with E-state index in [1.54, 1.807) is 12.1 Å². The van der Waals surface area contributed by atoms with E-state index in [9.17, 15) is 8.42 Å². The molecule has 0 heterocycles. The number of alkyl halides is 1. The van der Waals surface area contributed by atoms with Crippen molar-refractivity contribution in [1.82, 2.24) is 4.72 Å². The first-order valence-corrected chi connectivity index (χ1v) is 9.09. The second-order valence-corrected chi connectivity index (χ2v) is 7.71. The summed E-state index contributed by atoms with van der Waals surface area (Å²) in [5.74, 6) is 0. The third-order valence-corrected chi connectivity index (χ3v) is 5.94. The highest BCUT2D eigenvalue weighted by atomic mass is 79.9. The molecule has 1 aromatic rings. The van der Waals surface area contributed by atoms with Gasteiger partial charge in [-0.2, -0.15) is 0 Å². The molecular weight excluding hydrogens is 438 g/mol. The van der Waals surface area contributed by atoms with Gasteiger partial charge in [0.15, 0.2) is 0 Å². The van der Waals surface area contributed by atoms with Gasteiger partial charge in [-0.05, 0) is 47.0 Å². The Hall–Kier alpha value is 0.570. The number of hydrogen-bond donors (Lipinski definition) is 1. The molecule has 1 N–H and O–H groups in total. The fraction of sp³-hybridized carbons (Fsp3) is 0.400. The van der Waals surface area contributed by atoms with Crippen LogP contribution >= 0.6 is 47.8 Å². The van der Waals surface area contributed by atoms with E-state index in [1.165, 1.54) is 0 Å². The summed E-state index contributed by atoms with van der Waals surface area (Å²) in [5.41, 5.74) is 0.983. The molecule has 0 aromatic heterocycles. The molecule has 1 rings (SSSR count). The summed E-state index contributed by atoms with van der Waals surface area (Å²) in [4.78, 5) is 0.254. The maximum absolute atomic E-state index is 12.0. The second kappa shape index (κ2) is 6.65. The SMILES string of the molecule is Cc1cc(Br)c(S(=O)(=O)NCCCBr)cc1Br.